The number of carbonyl (C=O) groups is 1. The molecule has 2 fully saturated rings. The van der Waals surface area contributed by atoms with E-state index in [-0.39, 0.29) is 11.8 Å². The highest BCUT2D eigenvalue weighted by molar-refractivity contribution is 5.80. The number of hydrogen-bond donors (Lipinski definition) is 0. The molecule has 7 heteroatoms. The number of imidazole rings is 1. The number of nitrogens with zero attached hydrogens (tertiary/aromatic N) is 4. The number of ether oxygens (including phenoxy) is 1. The van der Waals surface area contributed by atoms with E-state index in [1.807, 2.05) is 60.2 Å². The van der Waals surface area contributed by atoms with Crippen molar-refractivity contribution in [3.63, 3.8) is 0 Å². The number of piperidine rings is 1. The Morgan fingerprint density at radius 3 is 2.55 bits per heavy atom. The van der Waals surface area contributed by atoms with Gasteiger partial charge in [-0.1, -0.05) is 12.1 Å². The molecule has 3 heterocycles. The van der Waals surface area contributed by atoms with Crippen molar-refractivity contribution in [2.24, 2.45) is 5.92 Å². The van der Waals surface area contributed by atoms with Gasteiger partial charge < -0.3 is 9.64 Å². The third-order valence-electron chi connectivity index (χ3n) is 6.81. The quantitative estimate of drug-likeness (QED) is 0.753. The van der Waals surface area contributed by atoms with Gasteiger partial charge in [0.2, 0.25) is 0 Å². The number of hydrogen-bond acceptors (Lipinski definition) is 4. The Hall–Kier alpha value is -2.54. The van der Waals surface area contributed by atoms with Crippen LogP contribution in [0.5, 0.6) is 0 Å². The number of benzene rings is 1. The van der Waals surface area contributed by atoms with Crippen molar-refractivity contribution < 1.29 is 9.53 Å². The third-order valence-corrected chi connectivity index (χ3v) is 6.81. The molecule has 1 aromatic carbocycles. The first kappa shape index (κ1) is 20.4. The lowest BCUT2D eigenvalue weighted by molar-refractivity contribution is 0.0269. The molecule has 2 bridgehead atoms. The molecule has 1 amide bonds. The first-order valence-corrected chi connectivity index (χ1v) is 11.4. The summed E-state index contributed by atoms with van der Waals surface area (Å²) in [7, 11) is 0. The lowest BCUT2D eigenvalue weighted by atomic mass is 10.1. The van der Waals surface area contributed by atoms with Crippen LogP contribution < -0.4 is 5.69 Å². The fourth-order valence-electron chi connectivity index (χ4n) is 5.36. The summed E-state index contributed by atoms with van der Waals surface area (Å²) in [5.41, 5.74) is 2.38. The molecule has 1 aromatic heterocycles. The van der Waals surface area contributed by atoms with Crippen molar-refractivity contribution in [2.75, 3.05) is 19.6 Å². The van der Waals surface area contributed by atoms with E-state index < -0.39 is 5.60 Å². The number of para-hydroxylation sites is 2. The standard InChI is InChI=1S/C24H32N4O3/c1-24(2,3)31-23(30)25-12-10-18(11-13-25)28-21-7-5-4-6-20(21)27(22(28)29)16-26-15-17-8-9-19(26)14-17/h4-7,10,17,19H,8-9,11-16H2,1-3H3. The molecule has 0 spiro atoms. The normalized spacial score (nSPS) is 24.1. The fraction of sp³-hybridized carbons (Fsp3) is 0.583. The molecule has 5 rings (SSSR count). The fourth-order valence-corrected chi connectivity index (χ4v) is 5.36. The number of likely N-dealkylation sites (tertiary alicyclic amines) is 1. The second kappa shape index (κ2) is 7.55. The summed E-state index contributed by atoms with van der Waals surface area (Å²) in [5, 5.41) is 0. The molecule has 166 valence electrons. The molecule has 1 saturated carbocycles. The monoisotopic (exact) mass is 424 g/mol. The van der Waals surface area contributed by atoms with Gasteiger partial charge in [0.1, 0.15) is 5.60 Å². The predicted molar refractivity (Wildman–Crippen MR) is 121 cm³/mol. The van der Waals surface area contributed by atoms with Crippen molar-refractivity contribution in [1.29, 1.82) is 0 Å². The average molecular weight is 425 g/mol. The predicted octanol–water partition coefficient (Wildman–Crippen LogP) is 3.73. The summed E-state index contributed by atoms with van der Waals surface area (Å²) in [6.07, 6.45) is 6.17. The van der Waals surface area contributed by atoms with Crippen LogP contribution in [-0.4, -0.2) is 56.3 Å². The Morgan fingerprint density at radius 2 is 1.94 bits per heavy atom. The molecule has 3 aliphatic rings. The maximum atomic E-state index is 13.5. The van der Waals surface area contributed by atoms with Gasteiger partial charge in [-0.2, -0.15) is 0 Å². The van der Waals surface area contributed by atoms with Crippen molar-refractivity contribution in [1.82, 2.24) is 18.9 Å². The maximum absolute atomic E-state index is 13.5. The largest absolute Gasteiger partial charge is 0.444 e. The van der Waals surface area contributed by atoms with Gasteiger partial charge in [0.15, 0.2) is 0 Å². The molecule has 31 heavy (non-hydrogen) atoms. The smallest absolute Gasteiger partial charge is 0.410 e. The molecule has 1 aliphatic carbocycles. The van der Waals surface area contributed by atoms with E-state index in [0.717, 1.165) is 29.2 Å². The number of rotatable bonds is 3. The number of fused-ring (bicyclic) bond motifs is 3. The zero-order valence-corrected chi connectivity index (χ0v) is 18.7. The SMILES string of the molecule is CC(C)(C)OC(=O)N1CC=C(n2c(=O)n(CN3CC4CCC3C4)c3ccccc32)CC1. The Balaban J connectivity index is 1.42. The van der Waals surface area contributed by atoms with Crippen LogP contribution in [0.1, 0.15) is 46.5 Å². The van der Waals surface area contributed by atoms with Crippen LogP contribution in [0, 0.1) is 5.92 Å². The minimum Gasteiger partial charge on any atom is -0.444 e. The van der Waals surface area contributed by atoms with E-state index >= 15 is 0 Å². The first-order chi connectivity index (χ1) is 14.8. The van der Waals surface area contributed by atoms with Crippen molar-refractivity contribution >= 4 is 22.8 Å². The molecular formula is C24H32N4O3. The molecule has 2 atom stereocenters. The summed E-state index contributed by atoms with van der Waals surface area (Å²) in [6.45, 7) is 8.37. The van der Waals surface area contributed by atoms with E-state index in [9.17, 15) is 9.59 Å². The molecule has 2 aliphatic heterocycles. The molecular weight excluding hydrogens is 392 g/mol. The Labute approximate surface area is 182 Å². The van der Waals surface area contributed by atoms with Gasteiger partial charge in [-0.15, -0.1) is 0 Å². The summed E-state index contributed by atoms with van der Waals surface area (Å²) in [4.78, 5) is 30.1. The zero-order valence-electron chi connectivity index (χ0n) is 18.7. The molecule has 0 radical (unpaired) electrons. The van der Waals surface area contributed by atoms with Crippen molar-refractivity contribution in [3.8, 4) is 0 Å². The average Bonchev–Trinajstić information content (AvgIpc) is 3.41. The Bertz CT molecular complexity index is 1090. The van der Waals surface area contributed by atoms with Crippen LogP contribution in [0.15, 0.2) is 35.1 Å². The lowest BCUT2D eigenvalue weighted by Gasteiger charge is -2.29. The third kappa shape index (κ3) is 3.80. The van der Waals surface area contributed by atoms with Gasteiger partial charge in [-0.25, -0.2) is 9.59 Å². The highest BCUT2D eigenvalue weighted by atomic mass is 16.6. The zero-order chi connectivity index (χ0) is 21.8. The first-order valence-electron chi connectivity index (χ1n) is 11.4. The van der Waals surface area contributed by atoms with Crippen LogP contribution >= 0.6 is 0 Å². The van der Waals surface area contributed by atoms with Crippen LogP contribution in [0.4, 0.5) is 4.79 Å². The molecule has 2 aromatic rings. The van der Waals surface area contributed by atoms with Gasteiger partial charge in [0, 0.05) is 37.8 Å². The van der Waals surface area contributed by atoms with Crippen LogP contribution in [0.2, 0.25) is 0 Å². The number of carbonyl (C=O) groups excluding carboxylic acids is 1. The summed E-state index contributed by atoms with van der Waals surface area (Å²) in [5.74, 6) is 0.800. The van der Waals surface area contributed by atoms with E-state index in [4.69, 9.17) is 4.74 Å². The van der Waals surface area contributed by atoms with E-state index in [1.54, 1.807) is 4.90 Å². The highest BCUT2D eigenvalue weighted by Gasteiger charge is 2.38. The molecule has 2 unspecified atom stereocenters. The molecule has 7 nitrogen and oxygen atoms in total. The van der Waals surface area contributed by atoms with Crippen molar-refractivity contribution in [3.05, 3.63) is 40.8 Å². The Kier molecular flexibility index (Phi) is 4.96. The van der Waals surface area contributed by atoms with Crippen molar-refractivity contribution in [2.45, 2.75) is 64.8 Å². The maximum Gasteiger partial charge on any atom is 0.410 e. The van der Waals surface area contributed by atoms with Gasteiger partial charge in [0.05, 0.1) is 17.7 Å². The topological polar surface area (TPSA) is 59.7 Å². The van der Waals surface area contributed by atoms with Crippen LogP contribution in [0.3, 0.4) is 0 Å². The summed E-state index contributed by atoms with van der Waals surface area (Å²) >= 11 is 0. The summed E-state index contributed by atoms with van der Waals surface area (Å²) < 4.78 is 9.27. The van der Waals surface area contributed by atoms with Gasteiger partial charge in [-0.05, 0) is 64.2 Å². The van der Waals surface area contributed by atoms with E-state index in [2.05, 4.69) is 4.90 Å². The minimum absolute atomic E-state index is 0.0148. The van der Waals surface area contributed by atoms with Gasteiger partial charge in [-0.3, -0.25) is 14.0 Å². The second-order valence-corrected chi connectivity index (χ2v) is 10.2. The number of amides is 1. The van der Waals surface area contributed by atoms with Crippen LogP contribution in [-0.2, 0) is 11.4 Å². The Morgan fingerprint density at radius 1 is 1.16 bits per heavy atom. The van der Waals surface area contributed by atoms with Gasteiger partial charge >= 0.3 is 11.8 Å². The summed E-state index contributed by atoms with van der Waals surface area (Å²) in [6, 6.07) is 8.66. The van der Waals surface area contributed by atoms with Crippen LogP contribution in [0.25, 0.3) is 16.7 Å². The minimum atomic E-state index is -0.513. The second-order valence-electron chi connectivity index (χ2n) is 10.2. The number of aromatic nitrogens is 2. The van der Waals surface area contributed by atoms with E-state index in [1.165, 1.54) is 19.3 Å². The molecule has 0 N–H and O–H groups in total. The molecule has 1 saturated heterocycles. The lowest BCUT2D eigenvalue weighted by Crippen LogP contribution is -2.40. The van der Waals surface area contributed by atoms with E-state index in [0.29, 0.717) is 32.2 Å². The highest BCUT2D eigenvalue weighted by Crippen LogP contribution is 2.37. The van der Waals surface area contributed by atoms with Gasteiger partial charge in [0.25, 0.3) is 0 Å².